The van der Waals surface area contributed by atoms with Gasteiger partial charge in [-0.25, -0.2) is 0 Å². The van der Waals surface area contributed by atoms with E-state index in [4.69, 9.17) is 25.4 Å². The Balaban J connectivity index is 2.46. The molecule has 8 heteroatoms. The number of rotatable bonds is 11. The molecule has 1 aromatic carbocycles. The molecule has 8 nitrogen and oxygen atoms in total. The summed E-state index contributed by atoms with van der Waals surface area (Å²) in [7, 11) is 0. The van der Waals surface area contributed by atoms with Crippen molar-refractivity contribution in [1.82, 2.24) is 0 Å². The van der Waals surface area contributed by atoms with E-state index in [1.807, 2.05) is 0 Å². The smallest absolute Gasteiger partial charge is 0.324 e. The minimum Gasteiger partial charge on any atom is -0.465 e. The molecule has 0 spiro atoms. The highest BCUT2D eigenvalue weighted by Gasteiger charge is 2.53. The van der Waals surface area contributed by atoms with Crippen LogP contribution in [-0.4, -0.2) is 50.3 Å². The first-order valence-corrected chi connectivity index (χ1v) is 11.5. The van der Waals surface area contributed by atoms with E-state index in [0.29, 0.717) is 5.56 Å². The van der Waals surface area contributed by atoms with Crippen molar-refractivity contribution in [2.45, 2.75) is 53.4 Å². The van der Waals surface area contributed by atoms with Crippen molar-refractivity contribution < 1.29 is 38.1 Å². The average molecular weight is 473 g/mol. The summed E-state index contributed by atoms with van der Waals surface area (Å²) in [5.41, 5.74) is -1.02. The molecule has 184 valence electrons. The van der Waals surface area contributed by atoms with Gasteiger partial charge in [-0.15, -0.1) is 12.3 Å². The van der Waals surface area contributed by atoms with Crippen molar-refractivity contribution in [2.75, 3.05) is 26.4 Å². The maximum atomic E-state index is 12.9. The van der Waals surface area contributed by atoms with Gasteiger partial charge in [-0.3, -0.25) is 19.2 Å². The van der Waals surface area contributed by atoms with Gasteiger partial charge in [-0.2, -0.15) is 0 Å². The predicted octanol–water partition coefficient (Wildman–Crippen LogP) is 2.58. The van der Waals surface area contributed by atoms with Gasteiger partial charge in [0.1, 0.15) is 0 Å². The van der Waals surface area contributed by atoms with Gasteiger partial charge in [-0.05, 0) is 57.2 Å². The van der Waals surface area contributed by atoms with Crippen molar-refractivity contribution in [2.24, 2.45) is 10.8 Å². The fourth-order valence-corrected chi connectivity index (χ4v) is 4.25. The number of carbonyl (C=O) groups is 4. The van der Waals surface area contributed by atoms with Crippen LogP contribution in [0.1, 0.15) is 50.8 Å². The highest BCUT2D eigenvalue weighted by atomic mass is 16.6. The number of esters is 4. The summed E-state index contributed by atoms with van der Waals surface area (Å²) >= 11 is 0. The Morgan fingerprint density at radius 2 is 1.35 bits per heavy atom. The number of hydrogen-bond donors (Lipinski definition) is 0. The SMILES string of the molecule is C#CCC(Cc1ccc2c(c1)CC(C(=O)OCC)(C(=O)OCC)C2)(C(=O)OCC)C(=O)OCC. The number of ether oxygens (including phenoxy) is 4. The molecule has 0 heterocycles. The Kier molecular flexibility index (Phi) is 9.25. The van der Waals surface area contributed by atoms with Crippen LogP contribution in [0.15, 0.2) is 18.2 Å². The molecular formula is C26H32O8. The maximum absolute atomic E-state index is 12.9. The van der Waals surface area contributed by atoms with E-state index in [1.165, 1.54) is 0 Å². The van der Waals surface area contributed by atoms with Gasteiger partial charge in [0.2, 0.25) is 0 Å². The minimum atomic E-state index is -1.70. The summed E-state index contributed by atoms with van der Waals surface area (Å²) < 4.78 is 20.8. The van der Waals surface area contributed by atoms with E-state index in [2.05, 4.69) is 5.92 Å². The molecule has 0 amide bonds. The maximum Gasteiger partial charge on any atom is 0.324 e. The molecule has 0 radical (unpaired) electrons. The highest BCUT2D eigenvalue weighted by molar-refractivity contribution is 6.02. The van der Waals surface area contributed by atoms with E-state index in [1.54, 1.807) is 45.9 Å². The fraction of sp³-hybridized carbons (Fsp3) is 0.538. The number of terminal acetylenes is 1. The average Bonchev–Trinajstić information content (AvgIpc) is 3.19. The lowest BCUT2D eigenvalue weighted by atomic mass is 9.78. The number of benzene rings is 1. The van der Waals surface area contributed by atoms with E-state index >= 15 is 0 Å². The first-order chi connectivity index (χ1) is 16.2. The molecule has 0 saturated heterocycles. The predicted molar refractivity (Wildman–Crippen MR) is 122 cm³/mol. The second kappa shape index (κ2) is 11.7. The molecule has 0 N–H and O–H groups in total. The largest absolute Gasteiger partial charge is 0.465 e. The highest BCUT2D eigenvalue weighted by Crippen LogP contribution is 2.41. The molecular weight excluding hydrogens is 440 g/mol. The zero-order valence-corrected chi connectivity index (χ0v) is 20.2. The van der Waals surface area contributed by atoms with Crippen LogP contribution in [0.5, 0.6) is 0 Å². The third-order valence-corrected chi connectivity index (χ3v) is 5.83. The van der Waals surface area contributed by atoms with Crippen LogP contribution in [0.4, 0.5) is 0 Å². The van der Waals surface area contributed by atoms with Crippen molar-refractivity contribution in [3.05, 3.63) is 34.9 Å². The summed E-state index contributed by atoms with van der Waals surface area (Å²) in [4.78, 5) is 51.4. The number of fused-ring (bicyclic) bond motifs is 1. The lowest BCUT2D eigenvalue weighted by Gasteiger charge is -2.27. The lowest BCUT2D eigenvalue weighted by Crippen LogP contribution is -2.44. The van der Waals surface area contributed by atoms with Crippen molar-refractivity contribution >= 4 is 23.9 Å². The monoisotopic (exact) mass is 472 g/mol. The summed E-state index contributed by atoms with van der Waals surface area (Å²) in [6, 6.07) is 5.30. The molecule has 0 saturated carbocycles. The molecule has 0 atom stereocenters. The van der Waals surface area contributed by atoms with Gasteiger partial charge >= 0.3 is 23.9 Å². The van der Waals surface area contributed by atoms with Crippen LogP contribution >= 0.6 is 0 Å². The van der Waals surface area contributed by atoms with Gasteiger partial charge in [0.15, 0.2) is 10.8 Å². The molecule has 1 aromatic rings. The Bertz CT molecular complexity index is 936. The summed E-state index contributed by atoms with van der Waals surface area (Å²) in [5, 5.41) is 0. The summed E-state index contributed by atoms with van der Waals surface area (Å²) in [5.74, 6) is -0.361. The van der Waals surface area contributed by atoms with E-state index in [0.717, 1.165) is 11.1 Å². The Labute approximate surface area is 200 Å². The third-order valence-electron chi connectivity index (χ3n) is 5.83. The molecule has 0 bridgehead atoms. The number of carbonyl (C=O) groups excluding carboxylic acids is 4. The van der Waals surface area contributed by atoms with Gasteiger partial charge < -0.3 is 18.9 Å². The first-order valence-electron chi connectivity index (χ1n) is 11.5. The normalized spacial score (nSPS) is 13.9. The van der Waals surface area contributed by atoms with E-state index in [-0.39, 0.29) is 52.1 Å². The molecule has 1 aliphatic rings. The summed E-state index contributed by atoms with van der Waals surface area (Å²) in [6.45, 7) is 7.06. The van der Waals surface area contributed by atoms with E-state index in [9.17, 15) is 19.2 Å². The second-order valence-corrected chi connectivity index (χ2v) is 8.06. The van der Waals surface area contributed by atoms with Crippen molar-refractivity contribution in [1.29, 1.82) is 0 Å². The molecule has 0 unspecified atom stereocenters. The van der Waals surface area contributed by atoms with Crippen LogP contribution in [0.2, 0.25) is 0 Å². The summed E-state index contributed by atoms with van der Waals surface area (Å²) in [6.07, 6.45) is 5.51. The standard InChI is InChI=1S/C26H32O8/c1-6-13-25(21(27)31-7-2,22(28)32-8-3)15-18-11-12-19-16-26(17-20(19)14-18,23(29)33-9-4)24(30)34-10-5/h1,11-12,14H,7-10,13,15-17H2,2-5H3. The second-order valence-electron chi connectivity index (χ2n) is 8.06. The van der Waals surface area contributed by atoms with Crippen LogP contribution < -0.4 is 0 Å². The Morgan fingerprint density at radius 3 is 1.82 bits per heavy atom. The first kappa shape index (κ1) is 26.9. The zero-order valence-electron chi connectivity index (χ0n) is 20.2. The minimum absolute atomic E-state index is 0.0477. The van der Waals surface area contributed by atoms with Gasteiger partial charge in [0, 0.05) is 12.8 Å². The van der Waals surface area contributed by atoms with Crippen molar-refractivity contribution in [3.63, 3.8) is 0 Å². The molecule has 0 aliphatic heterocycles. The zero-order chi connectivity index (χ0) is 25.4. The quantitative estimate of drug-likeness (QED) is 0.209. The number of hydrogen-bond acceptors (Lipinski definition) is 8. The molecule has 34 heavy (non-hydrogen) atoms. The fourth-order valence-electron chi connectivity index (χ4n) is 4.25. The third kappa shape index (κ3) is 5.24. The molecule has 0 fully saturated rings. The van der Waals surface area contributed by atoms with Gasteiger partial charge in [0.25, 0.3) is 0 Å². The Hall–Kier alpha value is -3.34. The Morgan fingerprint density at radius 1 is 0.853 bits per heavy atom. The van der Waals surface area contributed by atoms with E-state index < -0.39 is 34.7 Å². The van der Waals surface area contributed by atoms with Crippen LogP contribution in [0, 0.1) is 23.2 Å². The topological polar surface area (TPSA) is 105 Å². The lowest BCUT2D eigenvalue weighted by molar-refractivity contribution is -0.173. The van der Waals surface area contributed by atoms with Crippen LogP contribution in [0.25, 0.3) is 0 Å². The molecule has 1 aliphatic carbocycles. The molecule has 2 rings (SSSR count). The molecule has 0 aromatic heterocycles. The van der Waals surface area contributed by atoms with Crippen molar-refractivity contribution in [3.8, 4) is 12.3 Å². The van der Waals surface area contributed by atoms with Crippen LogP contribution in [-0.2, 0) is 57.4 Å². The van der Waals surface area contributed by atoms with Crippen LogP contribution in [0.3, 0.4) is 0 Å². The van der Waals surface area contributed by atoms with Gasteiger partial charge in [-0.1, -0.05) is 18.2 Å². The van der Waals surface area contributed by atoms with Gasteiger partial charge in [0.05, 0.1) is 26.4 Å².